The number of carbonyl (C=O) groups excluding carboxylic acids is 1. The number of hydrogen-bond donors (Lipinski definition) is 0. The van der Waals surface area contributed by atoms with Gasteiger partial charge in [-0.05, 0) is 18.6 Å². The Morgan fingerprint density at radius 2 is 2.16 bits per heavy atom. The quantitative estimate of drug-likeness (QED) is 0.780. The SMILES string of the molecule is C=C[C@@H]1C[C@H]2CO[C@H](c3ccc(OC)cc3)N2C1=O. The lowest BCUT2D eigenvalue weighted by molar-refractivity contribution is -0.136. The van der Waals surface area contributed by atoms with Crippen LogP contribution in [0.15, 0.2) is 36.9 Å². The van der Waals surface area contributed by atoms with Crippen LogP contribution in [0.4, 0.5) is 0 Å². The Balaban J connectivity index is 1.85. The van der Waals surface area contributed by atoms with Gasteiger partial charge in [0.25, 0.3) is 0 Å². The molecule has 0 unspecified atom stereocenters. The standard InChI is InChI=1S/C15H17NO3/c1-3-10-8-12-9-19-15(16(12)14(10)17)11-4-6-13(18-2)7-5-11/h3-7,10,12,15H,1,8-9H2,2H3/t10-,12+,15-/m1/s1. The molecule has 0 aromatic heterocycles. The van der Waals surface area contributed by atoms with Crippen LogP contribution in [0.2, 0.25) is 0 Å². The van der Waals surface area contributed by atoms with Gasteiger partial charge >= 0.3 is 0 Å². The first-order chi connectivity index (χ1) is 9.24. The molecule has 100 valence electrons. The molecule has 0 N–H and O–H groups in total. The van der Waals surface area contributed by atoms with Crippen molar-refractivity contribution in [3.63, 3.8) is 0 Å². The lowest BCUT2D eigenvalue weighted by Gasteiger charge is -2.23. The van der Waals surface area contributed by atoms with Gasteiger partial charge in [-0.2, -0.15) is 0 Å². The number of methoxy groups -OCH3 is 1. The number of fused-ring (bicyclic) bond motifs is 1. The molecule has 2 saturated heterocycles. The van der Waals surface area contributed by atoms with E-state index >= 15 is 0 Å². The van der Waals surface area contributed by atoms with Gasteiger partial charge in [0, 0.05) is 5.56 Å². The van der Waals surface area contributed by atoms with Crippen LogP contribution in [-0.2, 0) is 9.53 Å². The average molecular weight is 259 g/mol. The summed E-state index contributed by atoms with van der Waals surface area (Å²) in [7, 11) is 1.63. The molecule has 4 heteroatoms. The van der Waals surface area contributed by atoms with Gasteiger partial charge in [-0.3, -0.25) is 4.79 Å². The van der Waals surface area contributed by atoms with Gasteiger partial charge in [-0.1, -0.05) is 18.2 Å². The predicted molar refractivity (Wildman–Crippen MR) is 70.6 cm³/mol. The molecule has 0 radical (unpaired) electrons. The maximum atomic E-state index is 12.3. The van der Waals surface area contributed by atoms with Gasteiger partial charge in [-0.25, -0.2) is 0 Å². The normalized spacial score (nSPS) is 29.4. The second-order valence-corrected chi connectivity index (χ2v) is 4.94. The van der Waals surface area contributed by atoms with E-state index in [4.69, 9.17) is 9.47 Å². The van der Waals surface area contributed by atoms with Gasteiger partial charge in [-0.15, -0.1) is 6.58 Å². The van der Waals surface area contributed by atoms with Crippen molar-refractivity contribution in [3.8, 4) is 5.75 Å². The van der Waals surface area contributed by atoms with Crippen LogP contribution in [-0.4, -0.2) is 30.6 Å². The second kappa shape index (κ2) is 4.70. The Bertz CT molecular complexity index is 497. The molecule has 0 bridgehead atoms. The first-order valence-corrected chi connectivity index (χ1v) is 6.45. The average Bonchev–Trinajstić information content (AvgIpc) is 2.99. The molecule has 1 aromatic carbocycles. The molecule has 0 spiro atoms. The zero-order valence-corrected chi connectivity index (χ0v) is 10.9. The topological polar surface area (TPSA) is 38.8 Å². The first-order valence-electron chi connectivity index (χ1n) is 6.45. The van der Waals surface area contributed by atoms with Gasteiger partial charge < -0.3 is 14.4 Å². The lowest BCUT2D eigenvalue weighted by atomic mass is 10.1. The molecule has 2 heterocycles. The van der Waals surface area contributed by atoms with Gasteiger partial charge in [0.2, 0.25) is 5.91 Å². The number of hydrogen-bond acceptors (Lipinski definition) is 3. The minimum absolute atomic E-state index is 0.0605. The summed E-state index contributed by atoms with van der Waals surface area (Å²) in [5, 5.41) is 0. The molecule has 2 aliphatic heterocycles. The van der Waals surface area contributed by atoms with Crippen LogP contribution in [0.25, 0.3) is 0 Å². The van der Waals surface area contributed by atoms with E-state index < -0.39 is 0 Å². The number of rotatable bonds is 3. The lowest BCUT2D eigenvalue weighted by Crippen LogP contribution is -2.31. The first kappa shape index (κ1) is 12.2. The van der Waals surface area contributed by atoms with Crippen molar-refractivity contribution in [3.05, 3.63) is 42.5 Å². The molecular weight excluding hydrogens is 242 g/mol. The van der Waals surface area contributed by atoms with Crippen molar-refractivity contribution < 1.29 is 14.3 Å². The van der Waals surface area contributed by atoms with Gasteiger partial charge in [0.05, 0.1) is 25.7 Å². The third kappa shape index (κ3) is 1.92. The zero-order chi connectivity index (χ0) is 13.4. The Kier molecular flexibility index (Phi) is 3.03. The molecule has 3 rings (SSSR count). The van der Waals surface area contributed by atoms with E-state index in [1.54, 1.807) is 13.2 Å². The van der Waals surface area contributed by atoms with E-state index in [0.717, 1.165) is 17.7 Å². The molecule has 2 aliphatic rings. The summed E-state index contributed by atoms with van der Waals surface area (Å²) in [5.41, 5.74) is 0.987. The molecule has 4 nitrogen and oxygen atoms in total. The summed E-state index contributed by atoms with van der Waals surface area (Å²) >= 11 is 0. The summed E-state index contributed by atoms with van der Waals surface area (Å²) in [6.45, 7) is 4.34. The highest BCUT2D eigenvalue weighted by Crippen LogP contribution is 2.40. The molecule has 0 saturated carbocycles. The van der Waals surface area contributed by atoms with Gasteiger partial charge in [0.1, 0.15) is 5.75 Å². The van der Waals surface area contributed by atoms with Crippen molar-refractivity contribution in [2.45, 2.75) is 18.7 Å². The minimum Gasteiger partial charge on any atom is -0.497 e. The van der Waals surface area contributed by atoms with E-state index in [2.05, 4.69) is 6.58 Å². The van der Waals surface area contributed by atoms with Gasteiger partial charge in [0.15, 0.2) is 6.23 Å². The van der Waals surface area contributed by atoms with Crippen molar-refractivity contribution in [1.82, 2.24) is 4.90 Å². The molecule has 3 atom stereocenters. The van der Waals surface area contributed by atoms with Crippen LogP contribution in [0.5, 0.6) is 5.75 Å². The molecule has 19 heavy (non-hydrogen) atoms. The van der Waals surface area contributed by atoms with Crippen LogP contribution in [0, 0.1) is 5.92 Å². The summed E-state index contributed by atoms with van der Waals surface area (Å²) in [6, 6.07) is 7.85. The predicted octanol–water partition coefficient (Wildman–Crippen LogP) is 2.13. The number of nitrogens with zero attached hydrogens (tertiary/aromatic N) is 1. The van der Waals surface area contributed by atoms with Crippen LogP contribution < -0.4 is 4.74 Å². The van der Waals surface area contributed by atoms with E-state index in [1.807, 2.05) is 29.2 Å². The van der Waals surface area contributed by atoms with E-state index in [-0.39, 0.29) is 24.1 Å². The van der Waals surface area contributed by atoms with Crippen molar-refractivity contribution in [2.24, 2.45) is 5.92 Å². The summed E-state index contributed by atoms with van der Waals surface area (Å²) in [4.78, 5) is 14.1. The Morgan fingerprint density at radius 3 is 2.79 bits per heavy atom. The highest BCUT2D eigenvalue weighted by atomic mass is 16.5. The Labute approximate surface area is 112 Å². The second-order valence-electron chi connectivity index (χ2n) is 4.94. The molecular formula is C15H17NO3. The smallest absolute Gasteiger partial charge is 0.232 e. The van der Waals surface area contributed by atoms with Crippen molar-refractivity contribution in [2.75, 3.05) is 13.7 Å². The fourth-order valence-corrected chi connectivity index (χ4v) is 2.84. The number of ether oxygens (including phenoxy) is 2. The van der Waals surface area contributed by atoms with Crippen molar-refractivity contribution >= 4 is 5.91 Å². The fourth-order valence-electron chi connectivity index (χ4n) is 2.84. The maximum absolute atomic E-state index is 12.3. The largest absolute Gasteiger partial charge is 0.497 e. The molecule has 1 aromatic rings. The summed E-state index contributed by atoms with van der Waals surface area (Å²) < 4.78 is 10.9. The monoisotopic (exact) mass is 259 g/mol. The van der Waals surface area contributed by atoms with Crippen LogP contribution in [0.1, 0.15) is 18.2 Å². The molecule has 1 amide bonds. The van der Waals surface area contributed by atoms with E-state index in [0.29, 0.717) is 6.61 Å². The number of benzene rings is 1. The molecule has 0 aliphatic carbocycles. The Morgan fingerprint density at radius 1 is 1.42 bits per heavy atom. The maximum Gasteiger partial charge on any atom is 0.232 e. The van der Waals surface area contributed by atoms with E-state index in [1.165, 1.54) is 0 Å². The third-order valence-electron chi connectivity index (χ3n) is 3.88. The highest BCUT2D eigenvalue weighted by molar-refractivity contribution is 5.83. The Hall–Kier alpha value is -1.81. The highest BCUT2D eigenvalue weighted by Gasteiger charge is 2.47. The third-order valence-corrected chi connectivity index (χ3v) is 3.88. The van der Waals surface area contributed by atoms with Crippen molar-refractivity contribution in [1.29, 1.82) is 0 Å². The van der Waals surface area contributed by atoms with Crippen LogP contribution >= 0.6 is 0 Å². The zero-order valence-electron chi connectivity index (χ0n) is 10.9. The van der Waals surface area contributed by atoms with E-state index in [9.17, 15) is 4.79 Å². The summed E-state index contributed by atoms with van der Waals surface area (Å²) in [5.74, 6) is 0.864. The summed E-state index contributed by atoms with van der Waals surface area (Å²) in [6.07, 6.45) is 2.29. The molecule has 2 fully saturated rings. The van der Waals surface area contributed by atoms with Crippen LogP contribution in [0.3, 0.4) is 0 Å². The number of carbonyl (C=O) groups is 1. The number of amides is 1. The minimum atomic E-state index is -0.270. The fraction of sp³-hybridized carbons (Fsp3) is 0.400.